The van der Waals surface area contributed by atoms with Gasteiger partial charge in [-0.05, 0) is 38.1 Å². The summed E-state index contributed by atoms with van der Waals surface area (Å²) in [6.45, 7) is 2.29. The molecule has 0 aromatic heterocycles. The SMILES string of the molecule is NS(=O)(=O)N1CCCC(CNC(=O)C2CCCN2)C1. The van der Waals surface area contributed by atoms with Crippen molar-refractivity contribution in [3.05, 3.63) is 0 Å². The predicted molar refractivity (Wildman–Crippen MR) is 71.4 cm³/mol. The van der Waals surface area contributed by atoms with Gasteiger partial charge in [0.2, 0.25) is 5.91 Å². The van der Waals surface area contributed by atoms with Crippen LogP contribution in [0.5, 0.6) is 0 Å². The van der Waals surface area contributed by atoms with E-state index < -0.39 is 10.2 Å². The summed E-state index contributed by atoms with van der Waals surface area (Å²) >= 11 is 0. The van der Waals surface area contributed by atoms with Crippen LogP contribution in [0.15, 0.2) is 0 Å². The van der Waals surface area contributed by atoms with E-state index in [4.69, 9.17) is 5.14 Å². The van der Waals surface area contributed by atoms with Crippen molar-refractivity contribution in [2.24, 2.45) is 11.1 Å². The molecule has 2 fully saturated rings. The monoisotopic (exact) mass is 290 g/mol. The number of amides is 1. The second-order valence-corrected chi connectivity index (χ2v) is 6.85. The number of hydrogen-bond acceptors (Lipinski definition) is 4. The van der Waals surface area contributed by atoms with Crippen molar-refractivity contribution in [3.63, 3.8) is 0 Å². The van der Waals surface area contributed by atoms with Crippen LogP contribution in [0.3, 0.4) is 0 Å². The molecule has 0 aromatic carbocycles. The number of nitrogens with one attached hydrogen (secondary N) is 2. The number of carbonyl (C=O) groups is 1. The number of nitrogens with two attached hydrogens (primary N) is 1. The van der Waals surface area contributed by atoms with Gasteiger partial charge in [-0.15, -0.1) is 0 Å². The average molecular weight is 290 g/mol. The fraction of sp³-hybridized carbons (Fsp3) is 0.909. The van der Waals surface area contributed by atoms with Crippen molar-refractivity contribution in [2.45, 2.75) is 31.7 Å². The Labute approximate surface area is 114 Å². The van der Waals surface area contributed by atoms with Crippen LogP contribution in [0, 0.1) is 5.92 Å². The molecule has 0 saturated carbocycles. The summed E-state index contributed by atoms with van der Waals surface area (Å²) in [5, 5.41) is 11.2. The van der Waals surface area contributed by atoms with E-state index in [-0.39, 0.29) is 17.9 Å². The first kappa shape index (κ1) is 14.7. The van der Waals surface area contributed by atoms with E-state index in [0.717, 1.165) is 32.2 Å². The zero-order chi connectivity index (χ0) is 13.9. The lowest BCUT2D eigenvalue weighted by atomic mass is 9.99. The first-order valence-electron chi connectivity index (χ1n) is 6.76. The third kappa shape index (κ3) is 4.13. The molecule has 2 atom stereocenters. The molecular weight excluding hydrogens is 268 g/mol. The molecule has 2 aliphatic rings. The second kappa shape index (κ2) is 6.17. The van der Waals surface area contributed by atoms with Gasteiger partial charge in [-0.3, -0.25) is 4.79 Å². The van der Waals surface area contributed by atoms with Crippen molar-refractivity contribution in [1.29, 1.82) is 0 Å². The normalized spacial score (nSPS) is 29.3. The number of nitrogens with zero attached hydrogens (tertiary/aromatic N) is 1. The van der Waals surface area contributed by atoms with Crippen LogP contribution in [-0.4, -0.2) is 50.9 Å². The van der Waals surface area contributed by atoms with Gasteiger partial charge in [-0.25, -0.2) is 5.14 Å². The van der Waals surface area contributed by atoms with Gasteiger partial charge in [0.1, 0.15) is 0 Å². The van der Waals surface area contributed by atoms with E-state index >= 15 is 0 Å². The van der Waals surface area contributed by atoms with Crippen LogP contribution >= 0.6 is 0 Å². The topological polar surface area (TPSA) is 105 Å². The van der Waals surface area contributed by atoms with E-state index in [0.29, 0.717) is 19.6 Å². The molecule has 19 heavy (non-hydrogen) atoms. The summed E-state index contributed by atoms with van der Waals surface area (Å²) in [5.41, 5.74) is 0. The lowest BCUT2D eigenvalue weighted by molar-refractivity contribution is -0.123. The highest BCUT2D eigenvalue weighted by Crippen LogP contribution is 2.17. The number of piperidine rings is 1. The largest absolute Gasteiger partial charge is 0.354 e. The molecule has 0 spiro atoms. The number of hydrogen-bond donors (Lipinski definition) is 3. The Balaban J connectivity index is 1.78. The maximum absolute atomic E-state index is 11.8. The fourth-order valence-corrected chi connectivity index (χ4v) is 3.50. The molecule has 2 aliphatic heterocycles. The minimum Gasteiger partial charge on any atom is -0.354 e. The van der Waals surface area contributed by atoms with Crippen molar-refractivity contribution in [3.8, 4) is 0 Å². The Morgan fingerprint density at radius 3 is 2.79 bits per heavy atom. The molecule has 0 radical (unpaired) electrons. The zero-order valence-corrected chi connectivity index (χ0v) is 11.8. The summed E-state index contributed by atoms with van der Waals surface area (Å²) < 4.78 is 23.9. The van der Waals surface area contributed by atoms with Crippen LogP contribution in [-0.2, 0) is 15.0 Å². The van der Waals surface area contributed by atoms with Crippen molar-refractivity contribution in [1.82, 2.24) is 14.9 Å². The van der Waals surface area contributed by atoms with Gasteiger partial charge in [0, 0.05) is 19.6 Å². The maximum atomic E-state index is 11.8. The molecular formula is C11H22N4O3S. The third-order valence-corrected chi connectivity index (χ3v) is 4.83. The van der Waals surface area contributed by atoms with Gasteiger partial charge in [0.05, 0.1) is 6.04 Å². The lowest BCUT2D eigenvalue weighted by Crippen LogP contribution is -2.48. The van der Waals surface area contributed by atoms with Gasteiger partial charge < -0.3 is 10.6 Å². The first-order chi connectivity index (χ1) is 8.97. The van der Waals surface area contributed by atoms with Crippen LogP contribution in [0.4, 0.5) is 0 Å². The van der Waals surface area contributed by atoms with Crippen LogP contribution in [0.1, 0.15) is 25.7 Å². The fourth-order valence-electron chi connectivity index (χ4n) is 2.70. The molecule has 4 N–H and O–H groups in total. The van der Waals surface area contributed by atoms with Gasteiger partial charge in [0.15, 0.2) is 0 Å². The van der Waals surface area contributed by atoms with E-state index in [2.05, 4.69) is 10.6 Å². The van der Waals surface area contributed by atoms with Crippen LogP contribution in [0.25, 0.3) is 0 Å². The number of carbonyl (C=O) groups excluding carboxylic acids is 1. The Morgan fingerprint density at radius 2 is 2.16 bits per heavy atom. The van der Waals surface area contributed by atoms with Gasteiger partial charge in [0.25, 0.3) is 10.2 Å². The summed E-state index contributed by atoms with van der Waals surface area (Å²) in [5.74, 6) is 0.169. The Hall–Kier alpha value is -0.700. The smallest absolute Gasteiger partial charge is 0.276 e. The second-order valence-electron chi connectivity index (χ2n) is 5.31. The Bertz CT molecular complexity index is 420. The zero-order valence-electron chi connectivity index (χ0n) is 11.0. The first-order valence-corrected chi connectivity index (χ1v) is 8.26. The molecule has 7 nitrogen and oxygen atoms in total. The van der Waals surface area contributed by atoms with Gasteiger partial charge in [-0.2, -0.15) is 12.7 Å². The lowest BCUT2D eigenvalue weighted by Gasteiger charge is -2.30. The molecule has 8 heteroatoms. The minimum absolute atomic E-state index is 0.0187. The molecule has 2 heterocycles. The number of rotatable bonds is 4. The highest BCUT2D eigenvalue weighted by atomic mass is 32.2. The molecule has 2 unspecified atom stereocenters. The molecule has 0 aliphatic carbocycles. The molecule has 0 bridgehead atoms. The molecule has 2 rings (SSSR count). The predicted octanol–water partition coefficient (Wildman–Crippen LogP) is -1.23. The van der Waals surface area contributed by atoms with Gasteiger partial charge in [-0.1, -0.05) is 0 Å². The summed E-state index contributed by atoms with van der Waals surface area (Å²) in [7, 11) is -3.60. The maximum Gasteiger partial charge on any atom is 0.276 e. The summed E-state index contributed by atoms with van der Waals surface area (Å²) in [6, 6.07) is -0.0852. The van der Waals surface area contributed by atoms with Crippen molar-refractivity contribution < 1.29 is 13.2 Å². The Kier molecular flexibility index (Phi) is 4.77. The van der Waals surface area contributed by atoms with Crippen LogP contribution < -0.4 is 15.8 Å². The minimum atomic E-state index is -3.60. The molecule has 110 valence electrons. The average Bonchev–Trinajstić information content (AvgIpc) is 2.89. The van der Waals surface area contributed by atoms with E-state index in [1.165, 1.54) is 4.31 Å². The summed E-state index contributed by atoms with van der Waals surface area (Å²) in [6.07, 6.45) is 3.61. The van der Waals surface area contributed by atoms with Crippen molar-refractivity contribution >= 4 is 16.1 Å². The van der Waals surface area contributed by atoms with E-state index in [1.54, 1.807) is 0 Å². The quantitative estimate of drug-likeness (QED) is 0.603. The van der Waals surface area contributed by atoms with Gasteiger partial charge >= 0.3 is 0 Å². The Morgan fingerprint density at radius 1 is 1.37 bits per heavy atom. The standard InChI is InChI=1S/C11H22N4O3S/c12-19(17,18)15-6-2-3-9(8-15)7-14-11(16)10-4-1-5-13-10/h9-10,13H,1-8H2,(H,14,16)(H2,12,17,18). The highest BCUT2D eigenvalue weighted by molar-refractivity contribution is 7.86. The summed E-state index contributed by atoms with van der Waals surface area (Å²) in [4.78, 5) is 11.8. The van der Waals surface area contributed by atoms with E-state index in [1.807, 2.05) is 0 Å². The third-order valence-electron chi connectivity index (χ3n) is 3.78. The van der Waals surface area contributed by atoms with E-state index in [9.17, 15) is 13.2 Å². The molecule has 2 saturated heterocycles. The highest BCUT2D eigenvalue weighted by Gasteiger charge is 2.27. The molecule has 0 aromatic rings. The molecule has 1 amide bonds. The van der Waals surface area contributed by atoms with Crippen LogP contribution in [0.2, 0.25) is 0 Å². The van der Waals surface area contributed by atoms with Crippen molar-refractivity contribution in [2.75, 3.05) is 26.2 Å².